The number of alkyl halides is 3. The minimum atomic E-state index is -4.74. The Hall–Kier alpha value is -2.92. The smallest absolute Gasteiger partial charge is 0.406 e. The van der Waals surface area contributed by atoms with Gasteiger partial charge in [-0.1, -0.05) is 0 Å². The highest BCUT2D eigenvalue weighted by atomic mass is 19.4. The molecule has 1 aliphatic heterocycles. The molecule has 2 N–H and O–H groups in total. The molecule has 0 bridgehead atoms. The normalized spacial score (nSPS) is 19.9. The first-order valence-corrected chi connectivity index (χ1v) is 8.49. The molecule has 8 nitrogen and oxygen atoms in total. The van der Waals surface area contributed by atoms with Crippen molar-refractivity contribution in [3.63, 3.8) is 0 Å². The Labute approximate surface area is 156 Å². The molecule has 0 amide bonds. The quantitative estimate of drug-likeness (QED) is 0.685. The van der Waals surface area contributed by atoms with Gasteiger partial charge in [-0.3, -0.25) is 4.57 Å². The van der Waals surface area contributed by atoms with Crippen LogP contribution in [0, 0.1) is 0 Å². The monoisotopic (exact) mass is 395 g/mol. The fourth-order valence-corrected chi connectivity index (χ4v) is 3.06. The Kier molecular flexibility index (Phi) is 4.77. The molecule has 3 heterocycles. The summed E-state index contributed by atoms with van der Waals surface area (Å²) in [7, 11) is 0. The van der Waals surface area contributed by atoms with Gasteiger partial charge in [0.1, 0.15) is 18.3 Å². The van der Waals surface area contributed by atoms with Gasteiger partial charge in [0.2, 0.25) is 0 Å². The third-order valence-corrected chi connectivity index (χ3v) is 4.31. The topological polar surface area (TPSA) is 94.3 Å². The summed E-state index contributed by atoms with van der Waals surface area (Å²) in [6.07, 6.45) is -0.800. The van der Waals surface area contributed by atoms with Crippen molar-refractivity contribution < 1.29 is 27.8 Å². The Morgan fingerprint density at radius 3 is 2.64 bits per heavy atom. The van der Waals surface area contributed by atoms with Crippen LogP contribution in [0.3, 0.4) is 0 Å². The van der Waals surface area contributed by atoms with Crippen LogP contribution in [-0.4, -0.2) is 43.7 Å². The third-order valence-electron chi connectivity index (χ3n) is 4.31. The summed E-state index contributed by atoms with van der Waals surface area (Å²) in [6, 6.07) is 5.29. The van der Waals surface area contributed by atoms with Gasteiger partial charge >= 0.3 is 6.36 Å². The van der Waals surface area contributed by atoms with Gasteiger partial charge in [-0.2, -0.15) is 0 Å². The number of nitrogens with one attached hydrogen (secondary N) is 1. The van der Waals surface area contributed by atoms with Crippen LogP contribution in [0.25, 0.3) is 11.2 Å². The van der Waals surface area contributed by atoms with Crippen LogP contribution < -0.4 is 10.1 Å². The van der Waals surface area contributed by atoms with Crippen molar-refractivity contribution in [1.82, 2.24) is 19.5 Å². The summed E-state index contributed by atoms with van der Waals surface area (Å²) in [4.78, 5) is 12.8. The van der Waals surface area contributed by atoms with Crippen LogP contribution in [-0.2, 0) is 4.74 Å². The van der Waals surface area contributed by atoms with Gasteiger partial charge in [0.25, 0.3) is 0 Å². The molecule has 2 aromatic heterocycles. The van der Waals surface area contributed by atoms with E-state index in [1.165, 1.54) is 30.6 Å². The van der Waals surface area contributed by atoms with Gasteiger partial charge in [-0.25, -0.2) is 15.0 Å². The molecule has 11 heteroatoms. The zero-order valence-electron chi connectivity index (χ0n) is 14.4. The lowest BCUT2D eigenvalue weighted by Gasteiger charge is -2.14. The zero-order chi connectivity index (χ0) is 19.7. The highest BCUT2D eigenvalue weighted by Gasteiger charge is 2.31. The van der Waals surface area contributed by atoms with E-state index in [4.69, 9.17) is 4.74 Å². The van der Waals surface area contributed by atoms with Crippen molar-refractivity contribution in [3.05, 3.63) is 36.9 Å². The predicted molar refractivity (Wildman–Crippen MR) is 92.0 cm³/mol. The number of benzene rings is 1. The SMILES string of the molecule is OCC1CCC(n2cnc3c(Nc4ccc(OC(F)(F)F)cc4)ncnc32)O1. The molecule has 1 saturated heterocycles. The van der Waals surface area contributed by atoms with Gasteiger partial charge in [0, 0.05) is 5.69 Å². The molecular weight excluding hydrogens is 379 g/mol. The lowest BCUT2D eigenvalue weighted by atomic mass is 10.2. The number of halogens is 3. The molecule has 0 radical (unpaired) electrons. The molecule has 148 valence electrons. The molecule has 0 spiro atoms. The van der Waals surface area contributed by atoms with Crippen molar-refractivity contribution in [2.75, 3.05) is 11.9 Å². The van der Waals surface area contributed by atoms with Gasteiger partial charge in [0.15, 0.2) is 17.0 Å². The zero-order valence-corrected chi connectivity index (χ0v) is 14.4. The van der Waals surface area contributed by atoms with E-state index in [0.29, 0.717) is 22.7 Å². The van der Waals surface area contributed by atoms with E-state index < -0.39 is 6.36 Å². The molecule has 1 aromatic carbocycles. The number of aliphatic hydroxyl groups is 1. The number of aliphatic hydroxyl groups excluding tert-OH is 1. The molecule has 3 aromatic rings. The molecule has 28 heavy (non-hydrogen) atoms. The summed E-state index contributed by atoms with van der Waals surface area (Å²) in [6.45, 7) is -0.0427. The van der Waals surface area contributed by atoms with E-state index in [1.807, 2.05) is 0 Å². The standard InChI is InChI=1S/C17H16F3N5O3/c18-17(19,20)28-11-3-1-10(2-4-11)24-15-14-16(22-8-21-15)25(9-23-14)13-6-5-12(7-26)27-13/h1-4,8-9,12-13,26H,5-7H2,(H,21,22,24). The number of fused-ring (bicyclic) bond motifs is 1. The first kappa shape index (κ1) is 18.4. The molecular formula is C17H16F3N5O3. The van der Waals surface area contributed by atoms with Crippen LogP contribution >= 0.6 is 0 Å². The molecule has 0 saturated carbocycles. The van der Waals surface area contributed by atoms with Crippen LogP contribution in [0.1, 0.15) is 19.1 Å². The Balaban J connectivity index is 1.55. The maximum absolute atomic E-state index is 12.3. The van der Waals surface area contributed by atoms with Gasteiger partial charge < -0.3 is 19.9 Å². The minimum Gasteiger partial charge on any atom is -0.406 e. The summed E-state index contributed by atoms with van der Waals surface area (Å²) in [5, 5.41) is 12.2. The maximum Gasteiger partial charge on any atom is 0.573 e. The first-order chi connectivity index (χ1) is 13.4. The molecule has 0 aliphatic carbocycles. The average Bonchev–Trinajstić information content (AvgIpc) is 3.29. The summed E-state index contributed by atoms with van der Waals surface area (Å²) >= 11 is 0. The molecule has 1 fully saturated rings. The predicted octanol–water partition coefficient (Wildman–Crippen LogP) is 3.14. The molecule has 2 atom stereocenters. The number of aromatic nitrogens is 4. The van der Waals surface area contributed by atoms with Crippen molar-refractivity contribution >= 4 is 22.7 Å². The number of imidazole rings is 1. The van der Waals surface area contributed by atoms with E-state index in [2.05, 4.69) is 25.0 Å². The highest BCUT2D eigenvalue weighted by Crippen LogP contribution is 2.32. The van der Waals surface area contributed by atoms with Crippen molar-refractivity contribution in [1.29, 1.82) is 0 Å². The number of nitrogens with zero attached hydrogens (tertiary/aromatic N) is 4. The van der Waals surface area contributed by atoms with Crippen LogP contribution in [0.15, 0.2) is 36.9 Å². The number of anilines is 2. The molecule has 4 rings (SSSR count). The molecule has 2 unspecified atom stereocenters. The van der Waals surface area contributed by atoms with E-state index in [9.17, 15) is 18.3 Å². The first-order valence-electron chi connectivity index (χ1n) is 8.49. The Bertz CT molecular complexity index is 961. The lowest BCUT2D eigenvalue weighted by molar-refractivity contribution is -0.274. The number of rotatable bonds is 5. The third kappa shape index (κ3) is 3.85. The fourth-order valence-electron chi connectivity index (χ4n) is 3.06. The number of hydrogen-bond acceptors (Lipinski definition) is 7. The minimum absolute atomic E-state index is 0.0427. The van der Waals surface area contributed by atoms with Crippen LogP contribution in [0.2, 0.25) is 0 Å². The van der Waals surface area contributed by atoms with Crippen molar-refractivity contribution in [2.45, 2.75) is 31.5 Å². The largest absolute Gasteiger partial charge is 0.573 e. The average molecular weight is 395 g/mol. The van der Waals surface area contributed by atoms with E-state index in [0.717, 1.165) is 12.8 Å². The molecule has 1 aliphatic rings. The summed E-state index contributed by atoms with van der Waals surface area (Å²) in [5.41, 5.74) is 1.56. The second kappa shape index (κ2) is 7.24. The van der Waals surface area contributed by atoms with Crippen LogP contribution in [0.5, 0.6) is 5.75 Å². The second-order valence-electron chi connectivity index (χ2n) is 6.22. The Morgan fingerprint density at radius 2 is 1.96 bits per heavy atom. The Morgan fingerprint density at radius 1 is 1.18 bits per heavy atom. The summed E-state index contributed by atoms with van der Waals surface area (Å²) in [5.74, 6) is 0.0944. The van der Waals surface area contributed by atoms with Crippen LogP contribution in [0.4, 0.5) is 24.7 Å². The van der Waals surface area contributed by atoms with Gasteiger partial charge in [0.05, 0.1) is 19.0 Å². The van der Waals surface area contributed by atoms with E-state index in [1.54, 1.807) is 10.9 Å². The maximum atomic E-state index is 12.3. The number of hydrogen-bond donors (Lipinski definition) is 2. The second-order valence-corrected chi connectivity index (χ2v) is 6.22. The highest BCUT2D eigenvalue weighted by molar-refractivity contribution is 5.85. The number of ether oxygens (including phenoxy) is 2. The van der Waals surface area contributed by atoms with Crippen molar-refractivity contribution in [3.8, 4) is 5.75 Å². The summed E-state index contributed by atoms with van der Waals surface area (Å²) < 4.78 is 48.1. The lowest BCUT2D eigenvalue weighted by Crippen LogP contribution is -2.16. The van der Waals surface area contributed by atoms with Crippen molar-refractivity contribution in [2.24, 2.45) is 0 Å². The van der Waals surface area contributed by atoms with Gasteiger partial charge in [-0.05, 0) is 37.1 Å². The van der Waals surface area contributed by atoms with E-state index in [-0.39, 0.29) is 24.7 Å². The van der Waals surface area contributed by atoms with Gasteiger partial charge in [-0.15, -0.1) is 13.2 Å². The van der Waals surface area contributed by atoms with E-state index >= 15 is 0 Å². The fraction of sp³-hybridized carbons (Fsp3) is 0.353.